The average Bonchev–Trinajstić information content (AvgIpc) is 2.98. The van der Waals surface area contributed by atoms with Crippen LogP contribution in [0.2, 0.25) is 0 Å². The predicted octanol–water partition coefficient (Wildman–Crippen LogP) is 4.27. The fraction of sp³-hybridized carbons (Fsp3) is 0.211. The standard InChI is InChI=1S/C19H19BrN4O4S/c1-3-12-4-7-14(8-5-12)24(29(2,27)28)11-17(25)22-23-18-15-10-13(20)6-9-16(15)21-19(18)26/h4-10,21,26H,3,11H2,1-2H3. The number of amides is 1. The maximum Gasteiger partial charge on any atom is 0.285 e. The van der Waals surface area contributed by atoms with Crippen LogP contribution < -0.4 is 4.31 Å². The molecule has 0 aliphatic heterocycles. The van der Waals surface area contributed by atoms with Gasteiger partial charge in [0.05, 0.1) is 17.5 Å². The van der Waals surface area contributed by atoms with E-state index in [0.717, 1.165) is 27.0 Å². The first-order valence-electron chi connectivity index (χ1n) is 8.70. The van der Waals surface area contributed by atoms with Crippen molar-refractivity contribution in [1.29, 1.82) is 0 Å². The first-order valence-corrected chi connectivity index (χ1v) is 11.3. The van der Waals surface area contributed by atoms with Crippen LogP contribution in [-0.2, 0) is 21.2 Å². The van der Waals surface area contributed by atoms with Gasteiger partial charge in [-0.3, -0.25) is 9.10 Å². The van der Waals surface area contributed by atoms with Gasteiger partial charge in [0, 0.05) is 9.86 Å². The fourth-order valence-corrected chi connectivity index (χ4v) is 4.01. The summed E-state index contributed by atoms with van der Waals surface area (Å²) in [5.41, 5.74) is 2.15. The average molecular weight is 479 g/mol. The molecule has 29 heavy (non-hydrogen) atoms. The molecule has 0 unspecified atom stereocenters. The van der Waals surface area contributed by atoms with E-state index in [2.05, 4.69) is 31.1 Å². The van der Waals surface area contributed by atoms with Gasteiger partial charge in [0.15, 0.2) is 5.69 Å². The molecule has 0 atom stereocenters. The second-order valence-corrected chi connectivity index (χ2v) is 9.22. The molecule has 0 aliphatic rings. The summed E-state index contributed by atoms with van der Waals surface area (Å²) in [4.78, 5) is 15.1. The van der Waals surface area contributed by atoms with Crippen LogP contribution in [0.3, 0.4) is 0 Å². The molecule has 0 radical (unpaired) electrons. The number of hydrogen-bond donors (Lipinski definition) is 2. The summed E-state index contributed by atoms with van der Waals surface area (Å²) in [7, 11) is -3.70. The lowest BCUT2D eigenvalue weighted by Gasteiger charge is -2.20. The molecule has 2 aromatic carbocycles. The number of fused-ring (bicyclic) bond motifs is 1. The molecule has 152 valence electrons. The molecular weight excluding hydrogens is 460 g/mol. The molecule has 10 heteroatoms. The third-order valence-electron chi connectivity index (χ3n) is 4.29. The summed E-state index contributed by atoms with van der Waals surface area (Å²) in [6, 6.07) is 12.2. The van der Waals surface area contributed by atoms with Crippen molar-refractivity contribution in [3.63, 3.8) is 0 Å². The number of sulfonamides is 1. The number of aryl methyl sites for hydroxylation is 1. The maximum atomic E-state index is 12.3. The number of H-pyrrole nitrogens is 1. The number of nitrogens with zero attached hydrogens (tertiary/aromatic N) is 3. The Morgan fingerprint density at radius 1 is 1.21 bits per heavy atom. The Morgan fingerprint density at radius 2 is 1.90 bits per heavy atom. The van der Waals surface area contributed by atoms with Crippen LogP contribution in [0.4, 0.5) is 11.4 Å². The smallest absolute Gasteiger partial charge is 0.285 e. The Morgan fingerprint density at radius 3 is 2.52 bits per heavy atom. The number of azo groups is 1. The first-order chi connectivity index (χ1) is 13.7. The first kappa shape index (κ1) is 21.0. The highest BCUT2D eigenvalue weighted by atomic mass is 79.9. The summed E-state index contributed by atoms with van der Waals surface area (Å²) >= 11 is 3.34. The van der Waals surface area contributed by atoms with Crippen molar-refractivity contribution >= 4 is 54.1 Å². The van der Waals surface area contributed by atoms with E-state index in [1.54, 1.807) is 42.5 Å². The molecule has 8 nitrogen and oxygen atoms in total. The van der Waals surface area contributed by atoms with Gasteiger partial charge in [0.2, 0.25) is 15.9 Å². The van der Waals surface area contributed by atoms with E-state index >= 15 is 0 Å². The zero-order chi connectivity index (χ0) is 21.2. The van der Waals surface area contributed by atoms with Crippen molar-refractivity contribution in [2.75, 3.05) is 17.1 Å². The Kier molecular flexibility index (Phi) is 6.04. The lowest BCUT2D eigenvalue weighted by Crippen LogP contribution is -2.34. The number of aromatic amines is 1. The van der Waals surface area contributed by atoms with Gasteiger partial charge in [-0.2, -0.15) is 0 Å². The minimum absolute atomic E-state index is 0.104. The Bertz CT molecular complexity index is 1190. The number of aromatic nitrogens is 1. The van der Waals surface area contributed by atoms with Crippen molar-refractivity contribution in [2.45, 2.75) is 13.3 Å². The second-order valence-electron chi connectivity index (χ2n) is 6.40. The molecule has 1 aromatic heterocycles. The van der Waals surface area contributed by atoms with Crippen LogP contribution in [0, 0.1) is 0 Å². The highest BCUT2D eigenvalue weighted by Gasteiger charge is 2.21. The number of aromatic hydroxyl groups is 1. The van der Waals surface area contributed by atoms with E-state index in [1.807, 2.05) is 6.92 Å². The van der Waals surface area contributed by atoms with Gasteiger partial charge in [0.1, 0.15) is 6.54 Å². The van der Waals surface area contributed by atoms with Crippen molar-refractivity contribution in [3.8, 4) is 5.88 Å². The fourth-order valence-electron chi connectivity index (χ4n) is 2.80. The molecule has 0 aliphatic carbocycles. The number of anilines is 1. The van der Waals surface area contributed by atoms with E-state index in [1.165, 1.54) is 0 Å². The molecule has 0 bridgehead atoms. The summed E-state index contributed by atoms with van der Waals surface area (Å²) in [6.45, 7) is 1.49. The van der Waals surface area contributed by atoms with Gasteiger partial charge in [-0.25, -0.2) is 8.42 Å². The monoisotopic (exact) mass is 478 g/mol. The largest absolute Gasteiger partial charge is 0.493 e. The van der Waals surface area contributed by atoms with Crippen molar-refractivity contribution in [3.05, 3.63) is 52.5 Å². The molecule has 0 saturated heterocycles. The maximum absolute atomic E-state index is 12.3. The Labute approximate surface area is 176 Å². The van der Waals surface area contributed by atoms with E-state index in [-0.39, 0.29) is 11.6 Å². The Balaban J connectivity index is 1.85. The van der Waals surface area contributed by atoms with Crippen LogP contribution in [0.1, 0.15) is 12.5 Å². The molecule has 0 spiro atoms. The number of nitrogens with one attached hydrogen (secondary N) is 1. The zero-order valence-electron chi connectivity index (χ0n) is 15.8. The molecule has 1 heterocycles. The van der Waals surface area contributed by atoms with Gasteiger partial charge in [-0.05, 0) is 42.3 Å². The minimum Gasteiger partial charge on any atom is -0.493 e. The second kappa shape index (κ2) is 8.34. The van der Waals surface area contributed by atoms with Gasteiger partial charge in [0.25, 0.3) is 5.91 Å². The predicted molar refractivity (Wildman–Crippen MR) is 115 cm³/mol. The molecule has 3 rings (SSSR count). The van der Waals surface area contributed by atoms with Crippen LogP contribution in [0.15, 0.2) is 57.2 Å². The molecule has 0 saturated carbocycles. The van der Waals surface area contributed by atoms with Crippen molar-refractivity contribution < 1.29 is 18.3 Å². The van der Waals surface area contributed by atoms with Crippen molar-refractivity contribution in [2.24, 2.45) is 10.2 Å². The number of carbonyl (C=O) groups is 1. The highest BCUT2D eigenvalue weighted by Crippen LogP contribution is 2.36. The minimum atomic E-state index is -3.70. The summed E-state index contributed by atoms with van der Waals surface area (Å²) in [5, 5.41) is 18.1. The normalized spacial score (nSPS) is 12.0. The summed E-state index contributed by atoms with van der Waals surface area (Å²) in [6.07, 6.45) is 1.84. The van der Waals surface area contributed by atoms with E-state index < -0.39 is 22.5 Å². The third-order valence-corrected chi connectivity index (χ3v) is 5.92. The van der Waals surface area contributed by atoms with Crippen LogP contribution in [0.25, 0.3) is 10.9 Å². The molecule has 1 amide bonds. The van der Waals surface area contributed by atoms with E-state index in [4.69, 9.17) is 0 Å². The van der Waals surface area contributed by atoms with Crippen molar-refractivity contribution in [1.82, 2.24) is 4.98 Å². The highest BCUT2D eigenvalue weighted by molar-refractivity contribution is 9.10. The number of rotatable bonds is 6. The quantitative estimate of drug-likeness (QED) is 0.514. The molecule has 3 aromatic rings. The van der Waals surface area contributed by atoms with Crippen LogP contribution in [0.5, 0.6) is 5.88 Å². The number of hydrogen-bond acceptors (Lipinski definition) is 5. The van der Waals surface area contributed by atoms with Gasteiger partial charge in [-0.1, -0.05) is 35.0 Å². The molecular formula is C19H19BrN4O4S. The van der Waals surface area contributed by atoms with Gasteiger partial charge >= 0.3 is 0 Å². The van der Waals surface area contributed by atoms with E-state index in [0.29, 0.717) is 16.6 Å². The Hall–Kier alpha value is -2.72. The zero-order valence-corrected chi connectivity index (χ0v) is 18.2. The molecule has 2 N–H and O–H groups in total. The SMILES string of the molecule is CCc1ccc(N(CC(=O)N=Nc2c(O)[nH]c3ccc(Br)cc23)S(C)(=O)=O)cc1. The number of carbonyl (C=O) groups excluding carboxylic acids is 1. The number of halogens is 1. The third kappa shape index (κ3) is 4.83. The lowest BCUT2D eigenvalue weighted by molar-refractivity contribution is -0.116. The van der Waals surface area contributed by atoms with Gasteiger partial charge in [-0.15, -0.1) is 10.2 Å². The lowest BCUT2D eigenvalue weighted by atomic mass is 10.1. The summed E-state index contributed by atoms with van der Waals surface area (Å²) in [5.74, 6) is -0.997. The topological polar surface area (TPSA) is 115 Å². The number of benzene rings is 2. The van der Waals surface area contributed by atoms with Gasteiger partial charge < -0.3 is 10.1 Å². The van der Waals surface area contributed by atoms with E-state index in [9.17, 15) is 18.3 Å². The summed E-state index contributed by atoms with van der Waals surface area (Å²) < 4.78 is 26.1. The van der Waals surface area contributed by atoms with Crippen LogP contribution in [-0.4, -0.2) is 37.2 Å². The van der Waals surface area contributed by atoms with Crippen LogP contribution >= 0.6 is 15.9 Å². The molecule has 0 fully saturated rings.